The summed E-state index contributed by atoms with van der Waals surface area (Å²) in [6, 6.07) is 14.2. The fourth-order valence-electron chi connectivity index (χ4n) is 2.56. The van der Waals surface area contributed by atoms with Crippen LogP contribution in [0.2, 0.25) is 0 Å². The number of aryl methyl sites for hydroxylation is 2. The monoisotopic (exact) mass is 339 g/mol. The molecule has 0 aliphatic heterocycles. The minimum Gasteiger partial charge on any atom is -0.378 e. The van der Waals surface area contributed by atoms with Crippen LogP contribution in [-0.2, 0) is 11.2 Å². The highest BCUT2D eigenvalue weighted by atomic mass is 32.1. The molecule has 1 aromatic heterocycles. The van der Waals surface area contributed by atoms with Crippen LogP contribution in [0.5, 0.6) is 0 Å². The molecule has 3 rings (SSSR count). The molecule has 0 saturated carbocycles. The van der Waals surface area contributed by atoms with Crippen LogP contribution in [0.25, 0.3) is 10.2 Å². The molecule has 1 heterocycles. The van der Waals surface area contributed by atoms with Crippen molar-refractivity contribution in [1.82, 2.24) is 4.98 Å². The fourth-order valence-corrected chi connectivity index (χ4v) is 3.43. The number of nitrogens with one attached hydrogen (secondary N) is 1. The van der Waals surface area contributed by atoms with Crippen LogP contribution in [0.1, 0.15) is 17.0 Å². The number of hydrogen-bond donors (Lipinski definition) is 1. The van der Waals surface area contributed by atoms with Crippen molar-refractivity contribution in [1.29, 1.82) is 0 Å². The molecule has 5 heteroatoms. The fraction of sp³-hybridized carbons (Fsp3) is 0.263. The molecule has 2 aromatic carbocycles. The summed E-state index contributed by atoms with van der Waals surface area (Å²) in [5, 5.41) is 4.01. The molecule has 3 aromatic rings. The van der Waals surface area contributed by atoms with E-state index in [0.29, 0.717) is 6.42 Å². The van der Waals surface area contributed by atoms with E-state index in [1.54, 1.807) is 11.3 Å². The first-order valence-corrected chi connectivity index (χ1v) is 8.76. The second-order valence-corrected chi connectivity index (χ2v) is 7.26. The van der Waals surface area contributed by atoms with Crippen LogP contribution >= 0.6 is 11.3 Å². The molecule has 124 valence electrons. The Bertz CT molecular complexity index is 853. The molecule has 0 spiro atoms. The third-order valence-corrected chi connectivity index (χ3v) is 4.81. The normalized spacial score (nSPS) is 10.8. The molecule has 0 atom stereocenters. The van der Waals surface area contributed by atoms with Crippen LogP contribution < -0.4 is 10.2 Å². The number of rotatable bonds is 5. The molecule has 0 saturated heterocycles. The molecule has 0 unspecified atom stereocenters. The third-order valence-electron chi connectivity index (χ3n) is 3.87. The van der Waals surface area contributed by atoms with Gasteiger partial charge in [-0.05, 0) is 49.2 Å². The Hall–Kier alpha value is -2.40. The molecule has 1 N–H and O–H groups in total. The Morgan fingerprint density at radius 2 is 1.92 bits per heavy atom. The number of carbonyl (C=O) groups excluding carboxylic acids is 1. The van der Waals surface area contributed by atoms with Gasteiger partial charge in [-0.25, -0.2) is 4.98 Å². The van der Waals surface area contributed by atoms with Gasteiger partial charge in [-0.1, -0.05) is 12.1 Å². The lowest BCUT2D eigenvalue weighted by Crippen LogP contribution is -2.12. The van der Waals surface area contributed by atoms with E-state index < -0.39 is 0 Å². The largest absolute Gasteiger partial charge is 0.378 e. The minimum atomic E-state index is 0.0345. The predicted molar refractivity (Wildman–Crippen MR) is 102 cm³/mol. The van der Waals surface area contributed by atoms with Gasteiger partial charge in [-0.15, -0.1) is 11.3 Å². The maximum absolute atomic E-state index is 12.2. The van der Waals surface area contributed by atoms with E-state index in [9.17, 15) is 4.79 Å². The van der Waals surface area contributed by atoms with Crippen molar-refractivity contribution in [2.45, 2.75) is 19.8 Å². The molecule has 4 nitrogen and oxygen atoms in total. The van der Waals surface area contributed by atoms with E-state index in [2.05, 4.69) is 39.5 Å². The highest BCUT2D eigenvalue weighted by Gasteiger charge is 2.06. The van der Waals surface area contributed by atoms with Gasteiger partial charge in [0.1, 0.15) is 0 Å². The SMILES string of the molecule is Cc1nc2ccc(NC(=O)CCc3ccc(N(C)C)cc3)cc2s1. The van der Waals surface area contributed by atoms with Crippen molar-refractivity contribution in [3.63, 3.8) is 0 Å². The minimum absolute atomic E-state index is 0.0345. The summed E-state index contributed by atoms with van der Waals surface area (Å²) < 4.78 is 1.10. The Morgan fingerprint density at radius 1 is 1.17 bits per heavy atom. The second kappa shape index (κ2) is 7.01. The Labute approximate surface area is 146 Å². The zero-order valence-corrected chi connectivity index (χ0v) is 15.0. The van der Waals surface area contributed by atoms with E-state index in [-0.39, 0.29) is 5.91 Å². The number of fused-ring (bicyclic) bond motifs is 1. The zero-order valence-electron chi connectivity index (χ0n) is 14.2. The van der Waals surface area contributed by atoms with Crippen molar-refractivity contribution < 1.29 is 4.79 Å². The van der Waals surface area contributed by atoms with Crippen molar-refractivity contribution in [2.75, 3.05) is 24.3 Å². The first-order chi connectivity index (χ1) is 11.5. The van der Waals surface area contributed by atoms with Crippen LogP contribution in [0, 0.1) is 6.92 Å². The van der Waals surface area contributed by atoms with Crippen molar-refractivity contribution in [3.8, 4) is 0 Å². The third kappa shape index (κ3) is 3.92. The van der Waals surface area contributed by atoms with E-state index >= 15 is 0 Å². The molecule has 0 bridgehead atoms. The second-order valence-electron chi connectivity index (χ2n) is 6.02. The smallest absolute Gasteiger partial charge is 0.224 e. The summed E-state index contributed by atoms with van der Waals surface area (Å²) in [5.41, 5.74) is 4.15. The number of aromatic nitrogens is 1. The van der Waals surface area contributed by atoms with E-state index in [0.717, 1.165) is 33.0 Å². The molecular formula is C19H21N3OS. The van der Waals surface area contributed by atoms with Gasteiger partial charge in [0.05, 0.1) is 15.2 Å². The number of carbonyl (C=O) groups is 1. The van der Waals surface area contributed by atoms with Gasteiger partial charge < -0.3 is 10.2 Å². The number of hydrogen-bond acceptors (Lipinski definition) is 4. The highest BCUT2D eigenvalue weighted by Crippen LogP contribution is 2.24. The average molecular weight is 339 g/mol. The van der Waals surface area contributed by atoms with Crippen molar-refractivity contribution in [3.05, 3.63) is 53.0 Å². The number of benzene rings is 2. The van der Waals surface area contributed by atoms with Crippen LogP contribution in [0.4, 0.5) is 11.4 Å². The maximum atomic E-state index is 12.2. The molecular weight excluding hydrogens is 318 g/mol. The number of thiazole rings is 1. The molecule has 0 aliphatic carbocycles. The predicted octanol–water partition coefficient (Wildman–Crippen LogP) is 4.24. The molecule has 24 heavy (non-hydrogen) atoms. The van der Waals surface area contributed by atoms with Gasteiger partial charge >= 0.3 is 0 Å². The van der Waals surface area contributed by atoms with Gasteiger partial charge in [0.25, 0.3) is 0 Å². The van der Waals surface area contributed by atoms with Gasteiger partial charge in [-0.2, -0.15) is 0 Å². The summed E-state index contributed by atoms with van der Waals surface area (Å²) in [6.07, 6.45) is 1.21. The van der Waals surface area contributed by atoms with Gasteiger partial charge in [-0.3, -0.25) is 4.79 Å². The first-order valence-electron chi connectivity index (χ1n) is 7.94. The summed E-state index contributed by atoms with van der Waals surface area (Å²) in [5.74, 6) is 0.0345. The Balaban J connectivity index is 1.58. The summed E-state index contributed by atoms with van der Waals surface area (Å²) in [4.78, 5) is 18.7. The number of amides is 1. The number of anilines is 2. The van der Waals surface area contributed by atoms with E-state index in [1.807, 2.05) is 39.2 Å². The molecule has 0 radical (unpaired) electrons. The van der Waals surface area contributed by atoms with Crippen LogP contribution in [-0.4, -0.2) is 25.0 Å². The van der Waals surface area contributed by atoms with Crippen molar-refractivity contribution >= 4 is 38.8 Å². The van der Waals surface area contributed by atoms with Gasteiger partial charge in [0, 0.05) is 31.9 Å². The Kier molecular flexibility index (Phi) is 4.81. The maximum Gasteiger partial charge on any atom is 0.224 e. The lowest BCUT2D eigenvalue weighted by molar-refractivity contribution is -0.116. The van der Waals surface area contributed by atoms with Crippen LogP contribution in [0.15, 0.2) is 42.5 Å². The van der Waals surface area contributed by atoms with Crippen molar-refractivity contribution in [2.24, 2.45) is 0 Å². The molecule has 0 aliphatic rings. The van der Waals surface area contributed by atoms with Crippen LogP contribution in [0.3, 0.4) is 0 Å². The average Bonchev–Trinajstić information content (AvgIpc) is 2.92. The standard InChI is InChI=1S/C19H21N3OS/c1-13-20-17-10-7-15(12-18(17)24-13)21-19(23)11-6-14-4-8-16(9-5-14)22(2)3/h4-5,7-10,12H,6,11H2,1-3H3,(H,21,23). The summed E-state index contributed by atoms with van der Waals surface area (Å²) >= 11 is 1.64. The summed E-state index contributed by atoms with van der Waals surface area (Å²) in [6.45, 7) is 1.99. The highest BCUT2D eigenvalue weighted by molar-refractivity contribution is 7.18. The topological polar surface area (TPSA) is 45.2 Å². The van der Waals surface area contributed by atoms with E-state index in [1.165, 1.54) is 5.56 Å². The lowest BCUT2D eigenvalue weighted by Gasteiger charge is -2.12. The van der Waals surface area contributed by atoms with Gasteiger partial charge in [0.2, 0.25) is 5.91 Å². The zero-order chi connectivity index (χ0) is 17.1. The quantitative estimate of drug-likeness (QED) is 0.756. The lowest BCUT2D eigenvalue weighted by atomic mass is 10.1. The first kappa shape index (κ1) is 16.5. The van der Waals surface area contributed by atoms with E-state index in [4.69, 9.17) is 0 Å². The summed E-state index contributed by atoms with van der Waals surface area (Å²) in [7, 11) is 4.04. The Morgan fingerprint density at radius 3 is 2.62 bits per heavy atom. The van der Waals surface area contributed by atoms with Gasteiger partial charge in [0.15, 0.2) is 0 Å². The molecule has 1 amide bonds. The molecule has 0 fully saturated rings. The number of nitrogens with zero attached hydrogens (tertiary/aromatic N) is 2.